The molecule has 1 aromatic rings. The first-order chi connectivity index (χ1) is 9.01. The molecule has 0 aliphatic carbocycles. The monoisotopic (exact) mass is 300 g/mol. The van der Waals surface area contributed by atoms with Gasteiger partial charge in [-0.1, -0.05) is 30.3 Å². The lowest BCUT2D eigenvalue weighted by Gasteiger charge is -2.33. The van der Waals surface area contributed by atoms with Crippen LogP contribution < -0.4 is 0 Å². The Kier molecular flexibility index (Phi) is 4.81. The second kappa shape index (κ2) is 6.03. The number of benzene rings is 1. The number of ether oxygens (including phenoxy) is 1. The molecule has 2 rings (SSSR count). The second-order valence-electron chi connectivity index (χ2n) is 6.16. The lowest BCUT2D eigenvalue weighted by atomic mass is 9.79. The lowest BCUT2D eigenvalue weighted by Crippen LogP contribution is -2.35. The van der Waals surface area contributed by atoms with E-state index in [0.717, 1.165) is 19.3 Å². The summed E-state index contributed by atoms with van der Waals surface area (Å²) < 4.78 is 6.11. The van der Waals surface area contributed by atoms with Gasteiger partial charge < -0.3 is 4.74 Å². The fraction of sp³-hybridized carbons (Fsp3) is 0.625. The van der Waals surface area contributed by atoms with Gasteiger partial charge in [0.15, 0.2) is 0 Å². The van der Waals surface area contributed by atoms with Gasteiger partial charge in [-0.25, -0.2) is 0 Å². The zero-order chi connectivity index (χ0) is 13.9. The fourth-order valence-electron chi connectivity index (χ4n) is 2.87. The molecule has 1 aromatic carbocycles. The minimum Gasteiger partial charge on any atom is -0.372 e. The van der Waals surface area contributed by atoms with Gasteiger partial charge in [-0.15, -0.1) is 23.2 Å². The van der Waals surface area contributed by atoms with E-state index < -0.39 is 0 Å². The standard InChI is InChI=1S/C16H22Cl2O/c1-15(2)9-8-14(19-15)10-16(11-17,12-18)13-6-4-3-5-7-13/h3-7,14H,8-12H2,1-2H3. The summed E-state index contributed by atoms with van der Waals surface area (Å²) in [6.45, 7) is 4.30. The van der Waals surface area contributed by atoms with Gasteiger partial charge in [-0.3, -0.25) is 0 Å². The summed E-state index contributed by atoms with van der Waals surface area (Å²) in [6.07, 6.45) is 3.35. The van der Waals surface area contributed by atoms with Crippen LogP contribution >= 0.6 is 23.2 Å². The highest BCUT2D eigenvalue weighted by atomic mass is 35.5. The van der Waals surface area contributed by atoms with Crippen molar-refractivity contribution in [3.8, 4) is 0 Å². The van der Waals surface area contributed by atoms with Crippen molar-refractivity contribution in [3.63, 3.8) is 0 Å². The van der Waals surface area contributed by atoms with Gasteiger partial charge in [0.1, 0.15) is 0 Å². The highest BCUT2D eigenvalue weighted by Crippen LogP contribution is 2.39. The van der Waals surface area contributed by atoms with Gasteiger partial charge in [-0.2, -0.15) is 0 Å². The van der Waals surface area contributed by atoms with Crippen molar-refractivity contribution < 1.29 is 4.74 Å². The normalized spacial score (nSPS) is 22.6. The molecule has 1 aliphatic rings. The van der Waals surface area contributed by atoms with E-state index in [1.807, 2.05) is 18.2 Å². The average molecular weight is 301 g/mol. The predicted octanol–water partition coefficient (Wildman–Crippen LogP) is 4.75. The predicted molar refractivity (Wildman–Crippen MR) is 82.4 cm³/mol. The number of alkyl halides is 2. The van der Waals surface area contributed by atoms with Crippen molar-refractivity contribution in [2.75, 3.05) is 11.8 Å². The maximum absolute atomic E-state index is 6.27. The Morgan fingerprint density at radius 2 is 1.84 bits per heavy atom. The van der Waals surface area contributed by atoms with Crippen molar-refractivity contribution in [1.82, 2.24) is 0 Å². The minimum absolute atomic E-state index is 0.00821. The summed E-state index contributed by atoms with van der Waals surface area (Å²) in [5.41, 5.74) is 1.02. The molecule has 106 valence electrons. The SMILES string of the molecule is CC1(C)CCC(CC(CCl)(CCl)c2ccccc2)O1. The van der Waals surface area contributed by atoms with Crippen LogP contribution in [0.4, 0.5) is 0 Å². The van der Waals surface area contributed by atoms with Crippen LogP contribution in [-0.2, 0) is 10.2 Å². The first-order valence-electron chi connectivity index (χ1n) is 6.87. The molecule has 1 fully saturated rings. The van der Waals surface area contributed by atoms with E-state index in [4.69, 9.17) is 27.9 Å². The Bertz CT molecular complexity index is 398. The van der Waals surface area contributed by atoms with E-state index in [1.54, 1.807) is 0 Å². The van der Waals surface area contributed by atoms with Crippen LogP contribution in [0.2, 0.25) is 0 Å². The Hall–Kier alpha value is -0.240. The van der Waals surface area contributed by atoms with Crippen molar-refractivity contribution in [2.45, 2.75) is 50.2 Å². The molecule has 1 nitrogen and oxygen atoms in total. The first-order valence-corrected chi connectivity index (χ1v) is 7.93. The maximum Gasteiger partial charge on any atom is 0.0631 e. The van der Waals surface area contributed by atoms with Gasteiger partial charge >= 0.3 is 0 Å². The van der Waals surface area contributed by atoms with Crippen molar-refractivity contribution in [1.29, 1.82) is 0 Å². The highest BCUT2D eigenvalue weighted by molar-refractivity contribution is 6.22. The zero-order valence-electron chi connectivity index (χ0n) is 11.7. The van der Waals surface area contributed by atoms with Crippen LogP contribution in [0.5, 0.6) is 0 Å². The number of hydrogen-bond acceptors (Lipinski definition) is 1. The Balaban J connectivity index is 2.17. The Morgan fingerprint density at radius 1 is 1.21 bits per heavy atom. The quantitative estimate of drug-likeness (QED) is 0.713. The second-order valence-corrected chi connectivity index (χ2v) is 6.69. The molecule has 1 aliphatic heterocycles. The molecule has 3 heteroatoms. The van der Waals surface area contributed by atoms with Crippen LogP contribution in [0.1, 0.15) is 38.7 Å². The molecule has 19 heavy (non-hydrogen) atoms. The third-order valence-corrected chi connectivity index (χ3v) is 5.09. The maximum atomic E-state index is 6.27. The van der Waals surface area contributed by atoms with Crippen LogP contribution in [-0.4, -0.2) is 23.5 Å². The number of rotatable bonds is 5. The van der Waals surface area contributed by atoms with E-state index >= 15 is 0 Å². The van der Waals surface area contributed by atoms with Crippen molar-refractivity contribution in [2.24, 2.45) is 0 Å². The van der Waals surface area contributed by atoms with E-state index in [9.17, 15) is 0 Å². The van der Waals surface area contributed by atoms with E-state index in [-0.39, 0.29) is 17.1 Å². The molecule has 0 spiro atoms. The molecular weight excluding hydrogens is 279 g/mol. The topological polar surface area (TPSA) is 9.23 Å². The molecule has 0 saturated carbocycles. The molecule has 0 N–H and O–H groups in total. The van der Waals surface area contributed by atoms with Crippen LogP contribution in [0, 0.1) is 0 Å². The molecule has 1 unspecified atom stereocenters. The van der Waals surface area contributed by atoms with Crippen molar-refractivity contribution >= 4 is 23.2 Å². The van der Waals surface area contributed by atoms with E-state index in [1.165, 1.54) is 5.56 Å². The summed E-state index contributed by atoms with van der Waals surface area (Å²) in [5, 5.41) is 0. The molecule has 0 radical (unpaired) electrons. The summed E-state index contributed by atoms with van der Waals surface area (Å²) >= 11 is 12.5. The van der Waals surface area contributed by atoms with Crippen LogP contribution in [0.3, 0.4) is 0 Å². The van der Waals surface area contributed by atoms with E-state index in [0.29, 0.717) is 11.8 Å². The Morgan fingerprint density at radius 3 is 2.32 bits per heavy atom. The molecular formula is C16H22Cl2O. The largest absolute Gasteiger partial charge is 0.372 e. The molecule has 0 aromatic heterocycles. The minimum atomic E-state index is -0.185. The summed E-state index contributed by atoms with van der Waals surface area (Å²) in [7, 11) is 0. The first kappa shape index (κ1) is 15.2. The third-order valence-electron chi connectivity index (χ3n) is 4.07. The summed E-state index contributed by atoms with van der Waals surface area (Å²) in [6, 6.07) is 10.3. The Labute approximate surface area is 126 Å². The van der Waals surface area contributed by atoms with Gasteiger partial charge in [0.2, 0.25) is 0 Å². The van der Waals surface area contributed by atoms with Crippen molar-refractivity contribution in [3.05, 3.63) is 35.9 Å². The van der Waals surface area contributed by atoms with Gasteiger partial charge in [0.25, 0.3) is 0 Å². The summed E-state index contributed by atoms with van der Waals surface area (Å²) in [4.78, 5) is 0. The smallest absolute Gasteiger partial charge is 0.0631 e. The molecule has 0 bridgehead atoms. The molecule has 1 heterocycles. The number of hydrogen-bond donors (Lipinski definition) is 0. The fourth-order valence-corrected chi connectivity index (χ4v) is 3.68. The van der Waals surface area contributed by atoms with E-state index in [2.05, 4.69) is 26.0 Å². The third kappa shape index (κ3) is 3.45. The van der Waals surface area contributed by atoms with Crippen LogP contribution in [0.15, 0.2) is 30.3 Å². The average Bonchev–Trinajstić information content (AvgIpc) is 2.76. The molecule has 1 saturated heterocycles. The number of halogens is 2. The lowest BCUT2D eigenvalue weighted by molar-refractivity contribution is -0.0250. The van der Waals surface area contributed by atoms with Gasteiger partial charge in [0, 0.05) is 17.2 Å². The highest BCUT2D eigenvalue weighted by Gasteiger charge is 2.39. The van der Waals surface area contributed by atoms with Gasteiger partial charge in [-0.05, 0) is 38.7 Å². The zero-order valence-corrected chi connectivity index (χ0v) is 13.2. The van der Waals surface area contributed by atoms with Gasteiger partial charge in [0.05, 0.1) is 11.7 Å². The van der Waals surface area contributed by atoms with Crippen LogP contribution in [0.25, 0.3) is 0 Å². The molecule has 1 atom stereocenters. The summed E-state index contributed by atoms with van der Waals surface area (Å²) in [5.74, 6) is 1.06. The molecule has 0 amide bonds.